The molecule has 0 aromatic carbocycles. The highest BCUT2D eigenvalue weighted by Crippen LogP contribution is 2.30. The summed E-state index contributed by atoms with van der Waals surface area (Å²) in [6.07, 6.45) is 2.25. The van der Waals surface area contributed by atoms with E-state index in [2.05, 4.69) is 28.4 Å². The van der Waals surface area contributed by atoms with Gasteiger partial charge in [-0.1, -0.05) is 13.8 Å². The molecule has 0 unspecified atom stereocenters. The average Bonchev–Trinajstić information content (AvgIpc) is 2.69. The third kappa shape index (κ3) is 4.63. The van der Waals surface area contributed by atoms with Gasteiger partial charge in [0.05, 0.1) is 0 Å². The Kier molecular flexibility index (Phi) is 6.02. The van der Waals surface area contributed by atoms with E-state index in [-0.39, 0.29) is 10.7 Å². The van der Waals surface area contributed by atoms with Crippen LogP contribution in [-0.2, 0) is 9.84 Å². The lowest BCUT2D eigenvalue weighted by atomic mass is 10.4. The highest BCUT2D eigenvalue weighted by atomic mass is 32.2. The molecule has 0 amide bonds. The summed E-state index contributed by atoms with van der Waals surface area (Å²) in [4.78, 5) is 2.42. The van der Waals surface area contributed by atoms with E-state index in [1.54, 1.807) is 0 Å². The molecule has 0 spiro atoms. The molecule has 0 aliphatic rings. The topological polar surface area (TPSA) is 88.3 Å². The third-order valence-corrected chi connectivity index (χ3v) is 4.85. The zero-order chi connectivity index (χ0) is 14.5. The van der Waals surface area contributed by atoms with Crippen molar-refractivity contribution in [1.82, 2.24) is 9.27 Å². The second-order valence-corrected chi connectivity index (χ2v) is 7.09. The molecule has 0 radical (unpaired) electrons. The van der Waals surface area contributed by atoms with Gasteiger partial charge in [0.15, 0.2) is 15.7 Å². The fourth-order valence-electron chi connectivity index (χ4n) is 1.84. The molecule has 1 aromatic rings. The summed E-state index contributed by atoms with van der Waals surface area (Å²) in [5.41, 5.74) is 5.60. The van der Waals surface area contributed by atoms with Crippen molar-refractivity contribution in [3.63, 3.8) is 0 Å². The fourth-order valence-corrected chi connectivity index (χ4v) is 3.93. The number of hydrogen-bond acceptors (Lipinski definition) is 7. The van der Waals surface area contributed by atoms with Gasteiger partial charge in [-0.2, -0.15) is 4.37 Å². The Morgan fingerprint density at radius 2 is 2.05 bits per heavy atom. The van der Waals surface area contributed by atoms with Crippen molar-refractivity contribution >= 4 is 32.2 Å². The highest BCUT2D eigenvalue weighted by Gasteiger charge is 2.20. The molecule has 1 heterocycles. The van der Waals surface area contributed by atoms with Crippen molar-refractivity contribution in [3.8, 4) is 0 Å². The molecule has 0 saturated heterocycles. The first kappa shape index (κ1) is 16.2. The van der Waals surface area contributed by atoms with Gasteiger partial charge in [0.25, 0.3) is 0 Å². The number of nitrogen functional groups attached to an aromatic ring is 1. The van der Waals surface area contributed by atoms with Gasteiger partial charge in [-0.15, -0.1) is 0 Å². The number of likely N-dealkylation sites (N-methyl/N-ethyl adjacent to an activating group) is 1. The molecule has 1 aromatic heterocycles. The lowest BCUT2D eigenvalue weighted by Gasteiger charge is -2.19. The molecule has 8 heteroatoms. The van der Waals surface area contributed by atoms with Crippen LogP contribution in [0.5, 0.6) is 0 Å². The molecule has 1 rings (SSSR count). The molecule has 0 aliphatic heterocycles. The first-order valence-corrected chi connectivity index (χ1v) is 8.98. The van der Waals surface area contributed by atoms with Crippen LogP contribution in [0.2, 0.25) is 0 Å². The van der Waals surface area contributed by atoms with Crippen molar-refractivity contribution in [2.75, 3.05) is 43.5 Å². The van der Waals surface area contributed by atoms with Crippen LogP contribution in [0.1, 0.15) is 20.3 Å². The molecule has 0 saturated carbocycles. The van der Waals surface area contributed by atoms with Crippen molar-refractivity contribution < 1.29 is 8.42 Å². The van der Waals surface area contributed by atoms with Crippen LogP contribution >= 0.6 is 11.5 Å². The smallest absolute Gasteiger partial charge is 0.182 e. The molecular formula is C11H22N4O2S2. The molecule has 0 aliphatic carbocycles. The van der Waals surface area contributed by atoms with E-state index in [1.807, 2.05) is 0 Å². The summed E-state index contributed by atoms with van der Waals surface area (Å²) in [5.74, 6) is 0.0795. The lowest BCUT2D eigenvalue weighted by Crippen LogP contribution is -2.29. The van der Waals surface area contributed by atoms with Crippen LogP contribution in [0.4, 0.5) is 10.8 Å². The van der Waals surface area contributed by atoms with Gasteiger partial charge in [-0.25, -0.2) is 8.42 Å². The highest BCUT2D eigenvalue weighted by molar-refractivity contribution is 7.91. The van der Waals surface area contributed by atoms with E-state index in [0.717, 1.165) is 43.8 Å². The number of nitrogens with one attached hydrogen (secondary N) is 1. The number of hydrogen-bond donors (Lipinski definition) is 2. The Balaban J connectivity index is 2.64. The number of rotatable bonds is 8. The van der Waals surface area contributed by atoms with Gasteiger partial charge in [-0.05, 0) is 31.0 Å². The zero-order valence-electron chi connectivity index (χ0n) is 11.6. The predicted molar refractivity (Wildman–Crippen MR) is 80.5 cm³/mol. The standard InChI is InChI=1S/C11H22N4O2S2/c1-4-7-15(5-2)8-6-13-11-9(19(3,16)17)10(12)14-18-11/h13H,4-8H2,1-3H3,(H2,12,14). The van der Waals surface area contributed by atoms with Crippen LogP contribution in [0.15, 0.2) is 4.90 Å². The van der Waals surface area contributed by atoms with Gasteiger partial charge < -0.3 is 16.0 Å². The van der Waals surface area contributed by atoms with Gasteiger partial charge >= 0.3 is 0 Å². The van der Waals surface area contributed by atoms with Crippen LogP contribution < -0.4 is 11.1 Å². The Morgan fingerprint density at radius 1 is 1.37 bits per heavy atom. The monoisotopic (exact) mass is 306 g/mol. The fraction of sp³-hybridized carbons (Fsp3) is 0.727. The average molecular weight is 306 g/mol. The van der Waals surface area contributed by atoms with Crippen molar-refractivity contribution in [1.29, 1.82) is 0 Å². The number of anilines is 2. The molecule has 0 fully saturated rings. The molecule has 0 bridgehead atoms. The molecule has 0 atom stereocenters. The minimum atomic E-state index is -3.34. The van der Waals surface area contributed by atoms with Crippen molar-refractivity contribution in [3.05, 3.63) is 0 Å². The maximum absolute atomic E-state index is 11.6. The summed E-state index contributed by atoms with van der Waals surface area (Å²) in [7, 11) is -3.34. The predicted octanol–water partition coefficient (Wildman–Crippen LogP) is 1.27. The number of aromatic nitrogens is 1. The van der Waals surface area contributed by atoms with E-state index in [9.17, 15) is 8.42 Å². The Hall–Kier alpha value is -0.860. The van der Waals surface area contributed by atoms with Crippen molar-refractivity contribution in [2.45, 2.75) is 25.2 Å². The number of nitrogens with two attached hydrogens (primary N) is 1. The SMILES string of the molecule is CCCN(CC)CCNc1snc(N)c1S(C)(=O)=O. The van der Waals surface area contributed by atoms with Gasteiger partial charge in [0.1, 0.15) is 9.90 Å². The lowest BCUT2D eigenvalue weighted by molar-refractivity contribution is 0.300. The first-order chi connectivity index (χ1) is 8.90. The summed E-state index contributed by atoms with van der Waals surface area (Å²) < 4.78 is 27.2. The maximum atomic E-state index is 11.6. The maximum Gasteiger partial charge on any atom is 0.182 e. The second-order valence-electron chi connectivity index (χ2n) is 4.36. The van der Waals surface area contributed by atoms with Crippen molar-refractivity contribution in [2.24, 2.45) is 0 Å². The van der Waals surface area contributed by atoms with Crippen LogP contribution in [0.25, 0.3) is 0 Å². The minimum Gasteiger partial charge on any atom is -0.382 e. The summed E-state index contributed by atoms with van der Waals surface area (Å²) in [6, 6.07) is 0. The van der Waals surface area contributed by atoms with Gasteiger partial charge in [0, 0.05) is 19.3 Å². The van der Waals surface area contributed by atoms with Crippen LogP contribution in [-0.4, -0.2) is 50.1 Å². The van der Waals surface area contributed by atoms with E-state index in [1.165, 1.54) is 0 Å². The quantitative estimate of drug-likeness (QED) is 0.752. The second kappa shape index (κ2) is 7.06. The largest absolute Gasteiger partial charge is 0.382 e. The van der Waals surface area contributed by atoms with Crippen LogP contribution in [0, 0.1) is 0 Å². The molecule has 110 valence electrons. The molecule has 3 N–H and O–H groups in total. The summed E-state index contributed by atoms with van der Waals surface area (Å²) in [5, 5.41) is 3.65. The Labute approximate surface area is 119 Å². The van der Waals surface area contributed by atoms with Crippen LogP contribution in [0.3, 0.4) is 0 Å². The number of nitrogens with zero attached hydrogens (tertiary/aromatic N) is 2. The molecule has 6 nitrogen and oxygen atoms in total. The summed E-state index contributed by atoms with van der Waals surface area (Å²) in [6.45, 7) is 7.83. The minimum absolute atomic E-state index is 0.0795. The molecule has 19 heavy (non-hydrogen) atoms. The summed E-state index contributed by atoms with van der Waals surface area (Å²) >= 11 is 1.09. The third-order valence-electron chi connectivity index (χ3n) is 2.75. The Bertz CT molecular complexity index is 499. The normalized spacial score (nSPS) is 12.0. The number of sulfone groups is 1. The van der Waals surface area contributed by atoms with E-state index in [4.69, 9.17) is 5.73 Å². The first-order valence-electron chi connectivity index (χ1n) is 6.31. The zero-order valence-corrected chi connectivity index (χ0v) is 13.3. The van der Waals surface area contributed by atoms with Gasteiger partial charge in [0.2, 0.25) is 0 Å². The van der Waals surface area contributed by atoms with E-state index in [0.29, 0.717) is 11.5 Å². The van der Waals surface area contributed by atoms with E-state index < -0.39 is 9.84 Å². The van der Waals surface area contributed by atoms with Gasteiger partial charge in [-0.3, -0.25) is 0 Å². The Morgan fingerprint density at radius 3 is 2.58 bits per heavy atom. The van der Waals surface area contributed by atoms with E-state index >= 15 is 0 Å². The molecular weight excluding hydrogens is 284 g/mol.